The quantitative estimate of drug-likeness (QED) is 0.587. The molecule has 1 aromatic rings. The maximum Gasteiger partial charge on any atom is 0.365 e. The molecular weight excluding hydrogens is 296 g/mol. The first-order valence-corrected chi connectivity index (χ1v) is 8.10. The largest absolute Gasteiger partial charge is 0.365 e. The molecule has 1 fully saturated rings. The Balaban J connectivity index is 2.52. The average Bonchev–Trinajstić information content (AvgIpc) is 2.29. The number of sulfone groups is 1. The maximum atomic E-state index is 15.1. The van der Waals surface area contributed by atoms with Crippen LogP contribution in [-0.2, 0) is 22.6 Å². The first-order valence-electron chi connectivity index (χ1n) is 5.90. The molecule has 2 rings (SSSR count). The van der Waals surface area contributed by atoms with Crippen LogP contribution in [0.3, 0.4) is 0 Å². The van der Waals surface area contributed by atoms with Gasteiger partial charge in [0.25, 0.3) is 0 Å². The molecular formula is C12H15ClF2NO2S+. The summed E-state index contributed by atoms with van der Waals surface area (Å²) in [4.78, 5) is 0. The minimum absolute atomic E-state index is 0.162. The van der Waals surface area contributed by atoms with E-state index in [0.717, 1.165) is 4.57 Å². The molecule has 0 amide bonds. The standard InChI is InChI=1S/C12H15ClF2NO2S/c1-8-7-19(17,18)4-3-12(8,15)10-5-9(13)6-16(2)11(10)14/h5-6,8H,3-4,7H2,1-2H3/q+1/t8-,12+/m0/s1. The molecule has 2 atom stereocenters. The topological polar surface area (TPSA) is 38.0 Å². The molecule has 2 heterocycles. The first kappa shape index (κ1) is 14.7. The van der Waals surface area contributed by atoms with Gasteiger partial charge in [-0.2, -0.15) is 4.57 Å². The third-order valence-corrected chi connectivity index (χ3v) is 5.68. The van der Waals surface area contributed by atoms with Crippen molar-refractivity contribution in [1.82, 2.24) is 0 Å². The molecule has 3 nitrogen and oxygen atoms in total. The summed E-state index contributed by atoms with van der Waals surface area (Å²) >= 11 is 5.83. The molecule has 7 heteroatoms. The molecule has 1 aliphatic rings. The average molecular weight is 311 g/mol. The lowest BCUT2D eigenvalue weighted by Gasteiger charge is -2.34. The van der Waals surface area contributed by atoms with Crippen LogP contribution in [0.5, 0.6) is 0 Å². The van der Waals surface area contributed by atoms with E-state index in [0.29, 0.717) is 0 Å². The molecule has 1 saturated heterocycles. The molecule has 0 aliphatic carbocycles. The summed E-state index contributed by atoms with van der Waals surface area (Å²) in [6.07, 6.45) is 1.10. The van der Waals surface area contributed by atoms with Crippen LogP contribution in [0.4, 0.5) is 8.78 Å². The Bertz CT molecular complexity index is 620. The molecule has 0 unspecified atom stereocenters. The van der Waals surface area contributed by atoms with Crippen LogP contribution < -0.4 is 4.57 Å². The SMILES string of the molecule is C[C@H]1CS(=O)(=O)CC[C@]1(F)c1cc(Cl)c[n+](C)c1F. The minimum Gasteiger partial charge on any atom is -0.238 e. The second kappa shape index (κ2) is 4.66. The van der Waals surface area contributed by atoms with Crippen molar-refractivity contribution in [2.75, 3.05) is 11.5 Å². The van der Waals surface area contributed by atoms with Gasteiger partial charge in [0.2, 0.25) is 0 Å². The van der Waals surface area contributed by atoms with Crippen molar-refractivity contribution in [3.05, 3.63) is 28.8 Å². The van der Waals surface area contributed by atoms with E-state index in [4.69, 9.17) is 11.6 Å². The summed E-state index contributed by atoms with van der Waals surface area (Å²) in [6, 6.07) is 1.24. The van der Waals surface area contributed by atoms with Crippen molar-refractivity contribution >= 4 is 21.4 Å². The van der Waals surface area contributed by atoms with Crippen LogP contribution in [0.25, 0.3) is 0 Å². The summed E-state index contributed by atoms with van der Waals surface area (Å²) in [5, 5.41) is 0.219. The van der Waals surface area contributed by atoms with Gasteiger partial charge in [-0.05, 0) is 6.07 Å². The Hall–Kier alpha value is -0.750. The third kappa shape index (κ3) is 2.60. The number of aromatic nitrogens is 1. The molecule has 1 aliphatic heterocycles. The summed E-state index contributed by atoms with van der Waals surface area (Å²) in [6.45, 7) is 1.48. The molecule has 0 radical (unpaired) electrons. The number of aryl methyl sites for hydroxylation is 1. The minimum atomic E-state index is -3.25. The fourth-order valence-corrected chi connectivity index (χ4v) is 4.56. The smallest absolute Gasteiger partial charge is 0.238 e. The fraction of sp³-hybridized carbons (Fsp3) is 0.583. The van der Waals surface area contributed by atoms with Gasteiger partial charge in [0.15, 0.2) is 16.0 Å². The number of alkyl halides is 1. The van der Waals surface area contributed by atoms with Gasteiger partial charge in [-0.3, -0.25) is 0 Å². The lowest BCUT2D eigenvalue weighted by atomic mass is 9.83. The maximum absolute atomic E-state index is 15.1. The van der Waals surface area contributed by atoms with Crippen LogP contribution in [0.2, 0.25) is 5.02 Å². The van der Waals surface area contributed by atoms with Crippen LogP contribution in [0.15, 0.2) is 12.3 Å². The van der Waals surface area contributed by atoms with Gasteiger partial charge >= 0.3 is 5.95 Å². The van der Waals surface area contributed by atoms with Crippen molar-refractivity contribution in [3.8, 4) is 0 Å². The highest BCUT2D eigenvalue weighted by atomic mass is 35.5. The van der Waals surface area contributed by atoms with Gasteiger partial charge < -0.3 is 0 Å². The normalized spacial score (nSPS) is 30.3. The van der Waals surface area contributed by atoms with Gasteiger partial charge in [-0.25, -0.2) is 12.8 Å². The number of nitrogens with zero attached hydrogens (tertiary/aromatic N) is 1. The molecule has 0 saturated carbocycles. The van der Waals surface area contributed by atoms with Gasteiger partial charge in [0.05, 0.1) is 17.1 Å². The molecule has 0 bridgehead atoms. The Kier molecular flexibility index (Phi) is 3.60. The van der Waals surface area contributed by atoms with Crippen molar-refractivity contribution in [2.24, 2.45) is 13.0 Å². The van der Waals surface area contributed by atoms with Crippen molar-refractivity contribution in [2.45, 2.75) is 19.0 Å². The molecule has 19 heavy (non-hydrogen) atoms. The number of halogens is 3. The molecule has 0 spiro atoms. The lowest BCUT2D eigenvalue weighted by Crippen LogP contribution is -2.45. The van der Waals surface area contributed by atoms with Crippen LogP contribution in [0, 0.1) is 11.9 Å². The van der Waals surface area contributed by atoms with Gasteiger partial charge in [-0.1, -0.05) is 18.5 Å². The van der Waals surface area contributed by atoms with Crippen molar-refractivity contribution in [1.29, 1.82) is 0 Å². The first-order chi connectivity index (χ1) is 8.66. The monoisotopic (exact) mass is 310 g/mol. The predicted molar refractivity (Wildman–Crippen MR) is 67.8 cm³/mol. The Morgan fingerprint density at radius 2 is 2.16 bits per heavy atom. The highest BCUT2D eigenvalue weighted by molar-refractivity contribution is 7.91. The zero-order valence-corrected chi connectivity index (χ0v) is 12.2. The Morgan fingerprint density at radius 1 is 1.53 bits per heavy atom. The molecule has 0 N–H and O–H groups in total. The number of pyridine rings is 1. The van der Waals surface area contributed by atoms with E-state index in [9.17, 15) is 12.8 Å². The van der Waals surface area contributed by atoms with Gasteiger partial charge in [-0.15, -0.1) is 4.39 Å². The van der Waals surface area contributed by atoms with Crippen LogP contribution in [0.1, 0.15) is 18.9 Å². The zero-order valence-electron chi connectivity index (χ0n) is 10.7. The number of rotatable bonds is 1. The van der Waals surface area contributed by atoms with Crippen molar-refractivity contribution < 1.29 is 21.8 Å². The zero-order chi connectivity index (χ0) is 14.4. The fourth-order valence-electron chi connectivity index (χ4n) is 2.50. The molecule has 0 aromatic carbocycles. The van der Waals surface area contributed by atoms with E-state index in [1.54, 1.807) is 0 Å². The number of hydrogen-bond acceptors (Lipinski definition) is 2. The van der Waals surface area contributed by atoms with Gasteiger partial charge in [0.1, 0.15) is 17.7 Å². The predicted octanol–water partition coefficient (Wildman–Crippen LogP) is 1.92. The van der Waals surface area contributed by atoms with E-state index >= 15 is 4.39 Å². The Morgan fingerprint density at radius 3 is 2.74 bits per heavy atom. The lowest BCUT2D eigenvalue weighted by molar-refractivity contribution is -0.701. The molecule has 106 valence electrons. The van der Waals surface area contributed by atoms with E-state index in [1.165, 1.54) is 26.2 Å². The Labute approximate surface area is 116 Å². The number of hydrogen-bond donors (Lipinski definition) is 0. The van der Waals surface area contributed by atoms with E-state index in [-0.39, 0.29) is 28.5 Å². The van der Waals surface area contributed by atoms with Crippen molar-refractivity contribution in [3.63, 3.8) is 0 Å². The summed E-state index contributed by atoms with van der Waals surface area (Å²) in [5.74, 6) is -2.08. The molecule has 1 aromatic heterocycles. The third-order valence-electron chi connectivity index (χ3n) is 3.64. The van der Waals surface area contributed by atoms with E-state index < -0.39 is 27.4 Å². The van der Waals surface area contributed by atoms with Crippen LogP contribution >= 0.6 is 11.6 Å². The summed E-state index contributed by atoms with van der Waals surface area (Å²) < 4.78 is 53.3. The summed E-state index contributed by atoms with van der Waals surface area (Å²) in [7, 11) is -1.82. The van der Waals surface area contributed by atoms with Gasteiger partial charge in [0, 0.05) is 12.3 Å². The highest BCUT2D eigenvalue weighted by Crippen LogP contribution is 2.42. The second-order valence-corrected chi connectivity index (χ2v) is 7.77. The summed E-state index contributed by atoms with van der Waals surface area (Å²) in [5.41, 5.74) is -2.16. The van der Waals surface area contributed by atoms with E-state index in [2.05, 4.69) is 0 Å². The second-order valence-electron chi connectivity index (χ2n) is 5.10. The van der Waals surface area contributed by atoms with E-state index in [1.807, 2.05) is 0 Å². The van der Waals surface area contributed by atoms with Crippen LogP contribution in [-0.4, -0.2) is 19.9 Å². The highest BCUT2D eigenvalue weighted by Gasteiger charge is 2.48.